The van der Waals surface area contributed by atoms with Crippen LogP contribution in [-0.4, -0.2) is 11.3 Å². The molecule has 0 aliphatic heterocycles. The topological polar surface area (TPSA) is 38.3 Å². The lowest BCUT2D eigenvalue weighted by atomic mass is 10.2. The van der Waals surface area contributed by atoms with E-state index in [4.69, 9.17) is 16.3 Å². The Labute approximate surface area is 127 Å². The number of hydrogen-bond acceptors (Lipinski definition) is 2. The molecule has 2 rings (SSSR count). The highest BCUT2D eigenvalue weighted by Crippen LogP contribution is 2.21. The highest BCUT2D eigenvalue weighted by molar-refractivity contribution is 6.30. The standard InChI is InChI=1S/C16H15ClFNO2/c1-11(17)16(20)19-10-12-2-6-14(7-3-12)21-15-8-4-13(18)5-9-15/h2-9,11H,10H2,1H3,(H,19,20). The van der Waals surface area contributed by atoms with Gasteiger partial charge in [-0.25, -0.2) is 4.39 Å². The van der Waals surface area contributed by atoms with Crippen molar-refractivity contribution in [3.05, 3.63) is 59.9 Å². The molecule has 1 N–H and O–H groups in total. The SMILES string of the molecule is CC(Cl)C(=O)NCc1ccc(Oc2ccc(F)cc2)cc1. The van der Waals surface area contributed by atoms with E-state index in [-0.39, 0.29) is 11.7 Å². The van der Waals surface area contributed by atoms with Crippen LogP contribution in [0.15, 0.2) is 48.5 Å². The summed E-state index contributed by atoms with van der Waals surface area (Å²) in [7, 11) is 0. The maximum atomic E-state index is 12.8. The molecule has 0 aliphatic rings. The van der Waals surface area contributed by atoms with Crippen molar-refractivity contribution in [3.8, 4) is 11.5 Å². The lowest BCUT2D eigenvalue weighted by Crippen LogP contribution is -2.28. The number of ether oxygens (including phenoxy) is 1. The van der Waals surface area contributed by atoms with Crippen molar-refractivity contribution in [2.75, 3.05) is 0 Å². The maximum absolute atomic E-state index is 12.8. The molecule has 0 saturated heterocycles. The summed E-state index contributed by atoms with van der Waals surface area (Å²) in [6, 6.07) is 13.1. The molecule has 5 heteroatoms. The minimum absolute atomic E-state index is 0.205. The Hall–Kier alpha value is -2.07. The van der Waals surface area contributed by atoms with Crippen LogP contribution in [0.5, 0.6) is 11.5 Å². The predicted molar refractivity (Wildman–Crippen MR) is 80.1 cm³/mol. The van der Waals surface area contributed by atoms with Gasteiger partial charge in [-0.1, -0.05) is 12.1 Å². The molecule has 21 heavy (non-hydrogen) atoms. The molecule has 0 saturated carbocycles. The molecule has 0 heterocycles. The summed E-state index contributed by atoms with van der Waals surface area (Å²) >= 11 is 5.66. The summed E-state index contributed by atoms with van der Waals surface area (Å²) < 4.78 is 18.4. The molecule has 0 spiro atoms. The average molecular weight is 308 g/mol. The van der Waals surface area contributed by atoms with Crippen LogP contribution in [0, 0.1) is 5.82 Å². The highest BCUT2D eigenvalue weighted by atomic mass is 35.5. The van der Waals surface area contributed by atoms with Crippen molar-refractivity contribution < 1.29 is 13.9 Å². The van der Waals surface area contributed by atoms with Crippen LogP contribution in [-0.2, 0) is 11.3 Å². The molecule has 1 amide bonds. The Bertz CT molecular complexity index is 597. The summed E-state index contributed by atoms with van der Waals surface area (Å²) in [6.45, 7) is 2.03. The monoisotopic (exact) mass is 307 g/mol. The van der Waals surface area contributed by atoms with E-state index >= 15 is 0 Å². The Kier molecular flexibility index (Phi) is 5.17. The number of alkyl halides is 1. The van der Waals surface area contributed by atoms with E-state index < -0.39 is 5.38 Å². The Balaban J connectivity index is 1.92. The first-order valence-electron chi connectivity index (χ1n) is 6.49. The van der Waals surface area contributed by atoms with Crippen molar-refractivity contribution in [1.82, 2.24) is 5.32 Å². The quantitative estimate of drug-likeness (QED) is 0.852. The van der Waals surface area contributed by atoms with E-state index in [1.807, 2.05) is 12.1 Å². The summed E-state index contributed by atoms with van der Waals surface area (Å²) in [5.41, 5.74) is 0.937. The van der Waals surface area contributed by atoms with Crippen LogP contribution in [0.25, 0.3) is 0 Å². The van der Waals surface area contributed by atoms with Gasteiger partial charge in [0.05, 0.1) is 0 Å². The number of carbonyl (C=O) groups is 1. The third kappa shape index (κ3) is 4.76. The van der Waals surface area contributed by atoms with Gasteiger partial charge in [-0.2, -0.15) is 0 Å². The van der Waals surface area contributed by atoms with Crippen molar-refractivity contribution >= 4 is 17.5 Å². The maximum Gasteiger partial charge on any atom is 0.238 e. The molecule has 110 valence electrons. The summed E-state index contributed by atoms with van der Waals surface area (Å²) in [5.74, 6) is 0.695. The summed E-state index contributed by atoms with van der Waals surface area (Å²) in [5, 5.41) is 2.17. The molecular formula is C16H15ClFNO2. The fraction of sp³-hybridized carbons (Fsp3) is 0.188. The number of halogens is 2. The van der Waals surface area contributed by atoms with Gasteiger partial charge >= 0.3 is 0 Å². The van der Waals surface area contributed by atoms with E-state index in [1.54, 1.807) is 31.2 Å². The van der Waals surface area contributed by atoms with Gasteiger partial charge in [0.25, 0.3) is 0 Å². The van der Waals surface area contributed by atoms with E-state index in [2.05, 4.69) is 5.32 Å². The fourth-order valence-electron chi connectivity index (χ4n) is 1.64. The van der Waals surface area contributed by atoms with Gasteiger partial charge in [0.2, 0.25) is 5.91 Å². The van der Waals surface area contributed by atoms with Gasteiger partial charge in [0.15, 0.2) is 0 Å². The average Bonchev–Trinajstić information content (AvgIpc) is 2.48. The highest BCUT2D eigenvalue weighted by Gasteiger charge is 2.07. The van der Waals surface area contributed by atoms with Gasteiger partial charge < -0.3 is 10.1 Å². The number of benzene rings is 2. The Morgan fingerprint density at radius 3 is 2.19 bits per heavy atom. The van der Waals surface area contributed by atoms with Crippen LogP contribution in [0.2, 0.25) is 0 Å². The number of carbonyl (C=O) groups excluding carboxylic acids is 1. The predicted octanol–water partition coefficient (Wildman–Crippen LogP) is 3.86. The molecule has 2 aromatic carbocycles. The second-order valence-corrected chi connectivity index (χ2v) is 5.19. The van der Waals surface area contributed by atoms with Crippen LogP contribution in [0.1, 0.15) is 12.5 Å². The molecule has 0 aliphatic carbocycles. The second-order valence-electron chi connectivity index (χ2n) is 4.53. The lowest BCUT2D eigenvalue weighted by molar-refractivity contribution is -0.120. The second kappa shape index (κ2) is 7.09. The molecule has 0 bridgehead atoms. The number of rotatable bonds is 5. The lowest BCUT2D eigenvalue weighted by Gasteiger charge is -2.08. The van der Waals surface area contributed by atoms with Crippen molar-refractivity contribution in [3.63, 3.8) is 0 Å². The molecule has 0 fully saturated rings. The summed E-state index contributed by atoms with van der Waals surface area (Å²) in [4.78, 5) is 11.4. The van der Waals surface area contributed by atoms with Crippen LogP contribution in [0.3, 0.4) is 0 Å². The van der Waals surface area contributed by atoms with Crippen LogP contribution in [0.4, 0.5) is 4.39 Å². The first kappa shape index (κ1) is 15.3. The van der Waals surface area contributed by atoms with E-state index in [0.717, 1.165) is 5.56 Å². The molecular weight excluding hydrogens is 293 g/mol. The number of hydrogen-bond donors (Lipinski definition) is 1. The van der Waals surface area contributed by atoms with Gasteiger partial charge in [-0.15, -0.1) is 11.6 Å². The third-order valence-corrected chi connectivity index (χ3v) is 3.00. The van der Waals surface area contributed by atoms with Crippen LogP contribution >= 0.6 is 11.6 Å². The first-order chi connectivity index (χ1) is 10.0. The van der Waals surface area contributed by atoms with Crippen molar-refractivity contribution in [1.29, 1.82) is 0 Å². The minimum atomic E-state index is -0.550. The molecule has 0 aromatic heterocycles. The van der Waals surface area contributed by atoms with Gasteiger partial charge in [0, 0.05) is 6.54 Å². The normalized spacial score (nSPS) is 11.8. The Morgan fingerprint density at radius 2 is 1.67 bits per heavy atom. The zero-order chi connectivity index (χ0) is 15.2. The summed E-state index contributed by atoms with van der Waals surface area (Å²) in [6.07, 6.45) is 0. The molecule has 0 radical (unpaired) electrons. The van der Waals surface area contributed by atoms with Crippen molar-refractivity contribution in [2.45, 2.75) is 18.8 Å². The smallest absolute Gasteiger partial charge is 0.238 e. The number of amides is 1. The zero-order valence-corrected chi connectivity index (χ0v) is 12.2. The number of nitrogens with one attached hydrogen (secondary N) is 1. The van der Waals surface area contributed by atoms with E-state index in [9.17, 15) is 9.18 Å². The molecule has 1 atom stereocenters. The van der Waals surface area contributed by atoms with Crippen molar-refractivity contribution in [2.24, 2.45) is 0 Å². The first-order valence-corrected chi connectivity index (χ1v) is 6.92. The largest absolute Gasteiger partial charge is 0.457 e. The Morgan fingerprint density at radius 1 is 1.14 bits per heavy atom. The zero-order valence-electron chi connectivity index (χ0n) is 11.5. The molecule has 3 nitrogen and oxygen atoms in total. The van der Waals surface area contributed by atoms with E-state index in [1.165, 1.54) is 12.1 Å². The van der Waals surface area contributed by atoms with Gasteiger partial charge in [-0.05, 0) is 48.9 Å². The fourth-order valence-corrected chi connectivity index (χ4v) is 1.72. The molecule has 2 aromatic rings. The van der Waals surface area contributed by atoms with Gasteiger partial charge in [-0.3, -0.25) is 4.79 Å². The third-order valence-electron chi connectivity index (χ3n) is 2.80. The minimum Gasteiger partial charge on any atom is -0.457 e. The van der Waals surface area contributed by atoms with E-state index in [0.29, 0.717) is 18.0 Å². The van der Waals surface area contributed by atoms with Gasteiger partial charge in [0.1, 0.15) is 22.7 Å². The van der Waals surface area contributed by atoms with Crippen LogP contribution < -0.4 is 10.1 Å². The molecule has 1 unspecified atom stereocenters.